The van der Waals surface area contributed by atoms with E-state index in [1.54, 1.807) is 0 Å². The molecule has 7 heteroatoms. The molecule has 0 aliphatic rings. The summed E-state index contributed by atoms with van der Waals surface area (Å²) in [4.78, 5) is 12.4. The maximum atomic E-state index is 12.4. The molecule has 0 fully saturated rings. The lowest BCUT2D eigenvalue weighted by molar-refractivity contribution is -0.113. The maximum Gasteiger partial charge on any atom is 0.234 e. The molecule has 31 heavy (non-hydrogen) atoms. The molecule has 0 aliphatic carbocycles. The van der Waals surface area contributed by atoms with Crippen molar-refractivity contribution >= 4 is 23.4 Å². The number of nitrogens with one attached hydrogen (secondary N) is 1. The van der Waals surface area contributed by atoms with E-state index in [0.717, 1.165) is 22.7 Å². The predicted octanol–water partition coefficient (Wildman–Crippen LogP) is 4.89. The average Bonchev–Trinajstić information content (AvgIpc) is 3.21. The number of nitrogens with zero attached hydrogens (tertiary/aromatic N) is 3. The molecule has 0 saturated heterocycles. The number of carbonyl (C=O) groups is 1. The predicted molar refractivity (Wildman–Crippen MR) is 123 cm³/mol. The minimum absolute atomic E-state index is 0.100. The number of rotatable bonds is 8. The van der Waals surface area contributed by atoms with Crippen molar-refractivity contribution in [1.82, 2.24) is 14.8 Å². The number of carbonyl (C=O) groups excluding carboxylic acids is 1. The summed E-state index contributed by atoms with van der Waals surface area (Å²) in [5.74, 6) is 1.55. The number of hydrogen-bond acceptors (Lipinski definition) is 5. The molecule has 0 bridgehead atoms. The van der Waals surface area contributed by atoms with Crippen molar-refractivity contribution in [2.24, 2.45) is 0 Å². The number of para-hydroxylation sites is 2. The van der Waals surface area contributed by atoms with Gasteiger partial charge in [-0.15, -0.1) is 10.2 Å². The number of aryl methyl sites for hydroxylation is 1. The third-order valence-electron chi connectivity index (χ3n) is 4.49. The summed E-state index contributed by atoms with van der Waals surface area (Å²) in [5, 5.41) is 12.2. The van der Waals surface area contributed by atoms with Crippen LogP contribution in [0.15, 0.2) is 90.1 Å². The molecule has 0 saturated carbocycles. The van der Waals surface area contributed by atoms with Gasteiger partial charge in [-0.05, 0) is 43.3 Å². The number of ether oxygens (including phenoxy) is 1. The molecule has 0 unspecified atom stereocenters. The molecule has 0 aliphatic heterocycles. The first-order chi connectivity index (χ1) is 15.2. The van der Waals surface area contributed by atoms with Crippen LogP contribution in [-0.2, 0) is 11.4 Å². The van der Waals surface area contributed by atoms with Gasteiger partial charge in [-0.2, -0.15) is 0 Å². The second kappa shape index (κ2) is 9.95. The Morgan fingerprint density at radius 1 is 0.935 bits per heavy atom. The Kier molecular flexibility index (Phi) is 6.64. The smallest absolute Gasteiger partial charge is 0.234 e. The Morgan fingerprint density at radius 3 is 2.32 bits per heavy atom. The molecule has 156 valence electrons. The van der Waals surface area contributed by atoms with E-state index in [2.05, 4.69) is 15.5 Å². The van der Waals surface area contributed by atoms with E-state index in [9.17, 15) is 4.79 Å². The number of hydrogen-bond donors (Lipinski definition) is 1. The van der Waals surface area contributed by atoms with Crippen LogP contribution in [0.2, 0.25) is 0 Å². The fraction of sp³-hybridized carbons (Fsp3) is 0.125. The van der Waals surface area contributed by atoms with Crippen LogP contribution >= 0.6 is 11.8 Å². The number of thioether (sulfide) groups is 1. The van der Waals surface area contributed by atoms with E-state index in [0.29, 0.717) is 11.0 Å². The van der Waals surface area contributed by atoms with Crippen molar-refractivity contribution in [2.75, 3.05) is 11.1 Å². The van der Waals surface area contributed by atoms with Gasteiger partial charge in [-0.1, -0.05) is 65.9 Å². The van der Waals surface area contributed by atoms with Crippen LogP contribution in [0, 0.1) is 6.92 Å². The van der Waals surface area contributed by atoms with E-state index in [1.807, 2.05) is 96.4 Å². The Balaban J connectivity index is 1.51. The molecule has 6 nitrogen and oxygen atoms in total. The van der Waals surface area contributed by atoms with Gasteiger partial charge in [0.15, 0.2) is 11.0 Å². The highest BCUT2D eigenvalue weighted by Crippen LogP contribution is 2.24. The van der Waals surface area contributed by atoms with Crippen LogP contribution in [-0.4, -0.2) is 26.4 Å². The van der Waals surface area contributed by atoms with Crippen molar-refractivity contribution in [3.8, 4) is 11.4 Å². The van der Waals surface area contributed by atoms with Crippen molar-refractivity contribution < 1.29 is 9.53 Å². The Morgan fingerprint density at radius 2 is 1.61 bits per heavy atom. The first kappa shape index (κ1) is 20.7. The highest BCUT2D eigenvalue weighted by Gasteiger charge is 2.16. The monoisotopic (exact) mass is 430 g/mol. The molecule has 1 N–H and O–H groups in total. The van der Waals surface area contributed by atoms with E-state index in [4.69, 9.17) is 4.74 Å². The van der Waals surface area contributed by atoms with Crippen LogP contribution < -0.4 is 10.1 Å². The second-order valence-corrected chi connectivity index (χ2v) is 7.82. The lowest BCUT2D eigenvalue weighted by atomic mass is 10.2. The van der Waals surface area contributed by atoms with E-state index < -0.39 is 0 Å². The lowest BCUT2D eigenvalue weighted by Gasteiger charge is -2.11. The van der Waals surface area contributed by atoms with Crippen molar-refractivity contribution in [1.29, 1.82) is 0 Å². The average molecular weight is 431 g/mol. The highest BCUT2D eigenvalue weighted by molar-refractivity contribution is 7.99. The van der Waals surface area contributed by atoms with E-state index in [1.165, 1.54) is 11.8 Å². The van der Waals surface area contributed by atoms with Crippen molar-refractivity contribution in [3.63, 3.8) is 0 Å². The van der Waals surface area contributed by atoms with Crippen molar-refractivity contribution in [2.45, 2.75) is 18.7 Å². The molecule has 0 spiro atoms. The highest BCUT2D eigenvalue weighted by atomic mass is 32.2. The largest absolute Gasteiger partial charge is 0.486 e. The van der Waals surface area contributed by atoms with Gasteiger partial charge < -0.3 is 10.1 Å². The van der Waals surface area contributed by atoms with Crippen molar-refractivity contribution in [3.05, 3.63) is 96.3 Å². The molecule has 0 radical (unpaired) electrons. The van der Waals surface area contributed by atoms with Gasteiger partial charge in [-0.3, -0.25) is 9.36 Å². The molecule has 1 heterocycles. The Bertz CT molecular complexity index is 1130. The van der Waals surface area contributed by atoms with Gasteiger partial charge in [0.2, 0.25) is 5.91 Å². The fourth-order valence-electron chi connectivity index (χ4n) is 2.95. The van der Waals surface area contributed by atoms with E-state index in [-0.39, 0.29) is 18.3 Å². The lowest BCUT2D eigenvalue weighted by Crippen LogP contribution is -2.14. The molecular weight excluding hydrogens is 408 g/mol. The van der Waals surface area contributed by atoms with Crippen LogP contribution in [0.4, 0.5) is 5.69 Å². The number of anilines is 1. The summed E-state index contributed by atoms with van der Waals surface area (Å²) < 4.78 is 7.82. The first-order valence-corrected chi connectivity index (χ1v) is 10.8. The summed E-state index contributed by atoms with van der Waals surface area (Å²) in [6.45, 7) is 2.31. The Labute approximate surface area is 185 Å². The van der Waals surface area contributed by atoms with E-state index >= 15 is 0 Å². The van der Waals surface area contributed by atoms with Crippen LogP contribution in [0.5, 0.6) is 5.75 Å². The summed E-state index contributed by atoms with van der Waals surface area (Å²) in [7, 11) is 0. The molecule has 0 atom stereocenters. The molecule has 4 rings (SSSR count). The number of amides is 1. The Hall–Kier alpha value is -3.58. The van der Waals surface area contributed by atoms with Gasteiger partial charge in [0.25, 0.3) is 0 Å². The van der Waals surface area contributed by atoms with Crippen LogP contribution in [0.25, 0.3) is 5.69 Å². The zero-order chi connectivity index (χ0) is 21.5. The second-order valence-electron chi connectivity index (χ2n) is 6.87. The number of aromatic nitrogens is 3. The van der Waals surface area contributed by atoms with Crippen LogP contribution in [0.3, 0.4) is 0 Å². The minimum Gasteiger partial charge on any atom is -0.486 e. The number of benzene rings is 3. The topological polar surface area (TPSA) is 69.0 Å². The molecular formula is C24H22N4O2S. The van der Waals surface area contributed by atoms with Gasteiger partial charge in [0.05, 0.1) is 5.75 Å². The molecule has 1 amide bonds. The summed E-state index contributed by atoms with van der Waals surface area (Å²) in [5.41, 5.74) is 2.86. The molecule has 4 aromatic rings. The van der Waals surface area contributed by atoms with Gasteiger partial charge in [0.1, 0.15) is 12.4 Å². The zero-order valence-corrected chi connectivity index (χ0v) is 17.9. The first-order valence-electron chi connectivity index (χ1n) is 9.86. The quantitative estimate of drug-likeness (QED) is 0.403. The van der Waals surface area contributed by atoms with Crippen LogP contribution in [0.1, 0.15) is 11.4 Å². The third kappa shape index (κ3) is 5.52. The third-order valence-corrected chi connectivity index (χ3v) is 5.42. The van der Waals surface area contributed by atoms with Gasteiger partial charge >= 0.3 is 0 Å². The maximum absolute atomic E-state index is 12.4. The minimum atomic E-state index is -0.100. The SMILES string of the molecule is Cc1ccc(-n2c(COc3ccccc3)nnc2SCC(=O)Nc2ccccc2)cc1. The molecule has 1 aromatic heterocycles. The summed E-state index contributed by atoms with van der Waals surface area (Å²) in [6.07, 6.45) is 0. The fourth-order valence-corrected chi connectivity index (χ4v) is 3.72. The summed E-state index contributed by atoms with van der Waals surface area (Å²) in [6, 6.07) is 27.1. The molecule has 3 aromatic carbocycles. The standard InChI is InChI=1S/C24H22N4O2S/c1-18-12-14-20(15-13-18)28-22(16-30-21-10-6-3-7-11-21)26-27-24(28)31-17-23(29)25-19-8-4-2-5-9-19/h2-15H,16-17H2,1H3,(H,25,29). The van der Waals surface area contributed by atoms with Gasteiger partial charge in [-0.25, -0.2) is 0 Å². The van der Waals surface area contributed by atoms with Gasteiger partial charge in [0, 0.05) is 11.4 Å². The normalized spacial score (nSPS) is 10.6. The zero-order valence-electron chi connectivity index (χ0n) is 17.1. The summed E-state index contributed by atoms with van der Waals surface area (Å²) >= 11 is 1.34.